The molecular formula is C23H23FN4O4S. The molecule has 0 aliphatic heterocycles. The average molecular weight is 471 g/mol. The van der Waals surface area contributed by atoms with Crippen LogP contribution >= 0.6 is 0 Å². The molecule has 0 amide bonds. The van der Waals surface area contributed by atoms with Crippen molar-refractivity contribution in [2.24, 2.45) is 0 Å². The maximum Gasteiger partial charge on any atom is 0.297 e. The van der Waals surface area contributed by atoms with E-state index in [9.17, 15) is 17.6 Å². The third-order valence-corrected chi connectivity index (χ3v) is 6.61. The van der Waals surface area contributed by atoms with E-state index in [1.54, 1.807) is 48.9 Å². The number of benzene rings is 2. The number of ether oxygens (including phenoxy) is 1. The smallest absolute Gasteiger partial charge is 0.297 e. The second kappa shape index (κ2) is 8.70. The van der Waals surface area contributed by atoms with Crippen LogP contribution in [0, 0.1) is 12.7 Å². The Labute approximate surface area is 190 Å². The zero-order chi connectivity index (χ0) is 23.8. The van der Waals surface area contributed by atoms with Crippen LogP contribution in [0.15, 0.2) is 53.5 Å². The molecule has 2 N–H and O–H groups in total. The number of rotatable bonds is 7. The number of aryl methyl sites for hydroxylation is 1. The summed E-state index contributed by atoms with van der Waals surface area (Å²) in [5.74, 6) is -0.447. The van der Waals surface area contributed by atoms with Gasteiger partial charge in [-0.05, 0) is 60.9 Å². The van der Waals surface area contributed by atoms with Crippen LogP contribution in [0.4, 0.5) is 10.1 Å². The maximum absolute atomic E-state index is 13.4. The number of anilines is 1. The predicted octanol–water partition coefficient (Wildman–Crippen LogP) is 3.66. The lowest BCUT2D eigenvalue weighted by Gasteiger charge is -2.12. The first kappa shape index (κ1) is 22.5. The van der Waals surface area contributed by atoms with E-state index in [-0.39, 0.29) is 23.1 Å². The number of halogens is 1. The summed E-state index contributed by atoms with van der Waals surface area (Å²) in [6, 6.07) is 11.6. The molecule has 0 spiro atoms. The van der Waals surface area contributed by atoms with Crippen molar-refractivity contribution < 1.29 is 17.5 Å². The van der Waals surface area contributed by atoms with Crippen molar-refractivity contribution in [3.8, 4) is 17.1 Å². The van der Waals surface area contributed by atoms with Crippen LogP contribution in [0.1, 0.15) is 18.1 Å². The van der Waals surface area contributed by atoms with E-state index in [0.29, 0.717) is 40.0 Å². The predicted molar refractivity (Wildman–Crippen MR) is 126 cm³/mol. The molecule has 0 saturated heterocycles. The molecule has 33 heavy (non-hydrogen) atoms. The van der Waals surface area contributed by atoms with Gasteiger partial charge in [-0.25, -0.2) is 12.8 Å². The van der Waals surface area contributed by atoms with E-state index in [1.807, 2.05) is 6.07 Å². The highest BCUT2D eigenvalue weighted by Gasteiger charge is 2.20. The number of fused-ring (bicyclic) bond motifs is 1. The number of sulfonamides is 1. The molecule has 4 rings (SSSR count). The summed E-state index contributed by atoms with van der Waals surface area (Å²) in [5.41, 5.74) is 3.86. The molecule has 4 aromatic rings. The van der Waals surface area contributed by atoms with Crippen LogP contribution in [0.5, 0.6) is 6.01 Å². The van der Waals surface area contributed by atoms with E-state index < -0.39 is 10.0 Å². The molecule has 0 aliphatic carbocycles. The summed E-state index contributed by atoms with van der Waals surface area (Å²) < 4.78 is 48.0. The van der Waals surface area contributed by atoms with E-state index >= 15 is 0 Å². The van der Waals surface area contributed by atoms with Gasteiger partial charge in [0.1, 0.15) is 11.3 Å². The summed E-state index contributed by atoms with van der Waals surface area (Å²) in [7, 11) is -2.11. The number of nitrogens with zero attached hydrogens (tertiary/aromatic N) is 2. The Morgan fingerprint density at radius 1 is 1.15 bits per heavy atom. The van der Waals surface area contributed by atoms with Crippen molar-refractivity contribution in [3.05, 3.63) is 76.0 Å². The van der Waals surface area contributed by atoms with Crippen LogP contribution in [0.3, 0.4) is 0 Å². The summed E-state index contributed by atoms with van der Waals surface area (Å²) in [5, 5.41) is 0. The lowest BCUT2D eigenvalue weighted by molar-refractivity contribution is 0.364. The molecule has 0 fully saturated rings. The third kappa shape index (κ3) is 4.61. The first-order valence-electron chi connectivity index (χ1n) is 10.2. The molecule has 0 unspecified atom stereocenters. The van der Waals surface area contributed by atoms with E-state index in [4.69, 9.17) is 4.74 Å². The van der Waals surface area contributed by atoms with Crippen molar-refractivity contribution in [2.45, 2.75) is 20.4 Å². The molecule has 0 bridgehead atoms. The van der Waals surface area contributed by atoms with Gasteiger partial charge in [-0.15, -0.1) is 0 Å². The van der Waals surface area contributed by atoms with E-state index in [2.05, 4.69) is 14.7 Å². The topological polar surface area (TPSA) is 106 Å². The summed E-state index contributed by atoms with van der Waals surface area (Å²) in [4.78, 5) is 19.0. The molecule has 0 atom stereocenters. The van der Waals surface area contributed by atoms with Gasteiger partial charge in [0, 0.05) is 11.8 Å². The van der Waals surface area contributed by atoms with Gasteiger partial charge >= 0.3 is 0 Å². The Hall–Kier alpha value is -3.66. The number of hydrogen-bond donors (Lipinski definition) is 2. The van der Waals surface area contributed by atoms with Gasteiger partial charge in [-0.2, -0.15) is 4.98 Å². The van der Waals surface area contributed by atoms with Gasteiger partial charge in [-0.3, -0.25) is 14.1 Å². The second-order valence-electron chi connectivity index (χ2n) is 7.61. The highest BCUT2D eigenvalue weighted by molar-refractivity contribution is 7.92. The standard InChI is InChI=1S/C23H23FN4O4S/c1-4-33(30,31)27-19-10-16(17-9-14(2)22(29)25-12-17)11-20-21(19)26-23(32-3)28(20)13-15-5-7-18(24)8-6-15/h5-12,27H,4,13H2,1-3H3,(H,25,29). The summed E-state index contributed by atoms with van der Waals surface area (Å²) in [6.45, 7) is 3.57. The van der Waals surface area contributed by atoms with Crippen LogP contribution in [0.2, 0.25) is 0 Å². The molecule has 10 heteroatoms. The fourth-order valence-corrected chi connectivity index (χ4v) is 4.17. The number of H-pyrrole nitrogens is 1. The minimum absolute atomic E-state index is 0.107. The molecule has 2 heterocycles. The zero-order valence-electron chi connectivity index (χ0n) is 18.3. The number of nitrogens with one attached hydrogen (secondary N) is 2. The Balaban J connectivity index is 1.96. The Morgan fingerprint density at radius 3 is 2.52 bits per heavy atom. The molecule has 172 valence electrons. The van der Waals surface area contributed by atoms with Crippen LogP contribution in [0.25, 0.3) is 22.2 Å². The Bertz CT molecular complexity index is 1490. The number of aromatic amines is 1. The monoisotopic (exact) mass is 470 g/mol. The molecule has 8 nitrogen and oxygen atoms in total. The van der Waals surface area contributed by atoms with Crippen molar-refractivity contribution in [1.29, 1.82) is 0 Å². The average Bonchev–Trinajstić information content (AvgIpc) is 3.14. The summed E-state index contributed by atoms with van der Waals surface area (Å²) >= 11 is 0. The van der Waals surface area contributed by atoms with Crippen LogP contribution < -0.4 is 15.0 Å². The zero-order valence-corrected chi connectivity index (χ0v) is 19.2. The van der Waals surface area contributed by atoms with Gasteiger partial charge in [0.2, 0.25) is 10.0 Å². The van der Waals surface area contributed by atoms with Crippen molar-refractivity contribution in [1.82, 2.24) is 14.5 Å². The highest BCUT2D eigenvalue weighted by atomic mass is 32.2. The summed E-state index contributed by atoms with van der Waals surface area (Å²) in [6.07, 6.45) is 1.58. The highest BCUT2D eigenvalue weighted by Crippen LogP contribution is 2.34. The number of methoxy groups -OCH3 is 1. The Kier molecular flexibility index (Phi) is 5.94. The van der Waals surface area contributed by atoms with Crippen molar-refractivity contribution >= 4 is 26.7 Å². The molecular weight excluding hydrogens is 447 g/mol. The molecule has 0 radical (unpaired) electrons. The Morgan fingerprint density at radius 2 is 1.88 bits per heavy atom. The van der Waals surface area contributed by atoms with E-state index in [1.165, 1.54) is 19.2 Å². The third-order valence-electron chi connectivity index (χ3n) is 5.32. The molecule has 0 aliphatic rings. The lowest BCUT2D eigenvalue weighted by atomic mass is 10.0. The number of imidazole rings is 1. The number of pyridine rings is 1. The minimum Gasteiger partial charge on any atom is -0.468 e. The van der Waals surface area contributed by atoms with Crippen LogP contribution in [-0.2, 0) is 16.6 Å². The molecule has 0 saturated carbocycles. The fraction of sp³-hybridized carbons (Fsp3) is 0.217. The number of aromatic nitrogens is 3. The van der Waals surface area contributed by atoms with E-state index in [0.717, 1.165) is 5.56 Å². The molecule has 2 aromatic heterocycles. The van der Waals surface area contributed by atoms with Crippen molar-refractivity contribution in [2.75, 3.05) is 17.6 Å². The molecule has 2 aromatic carbocycles. The van der Waals surface area contributed by atoms with Crippen LogP contribution in [-0.4, -0.2) is 35.8 Å². The van der Waals surface area contributed by atoms with Gasteiger partial charge in [0.25, 0.3) is 11.6 Å². The lowest BCUT2D eigenvalue weighted by Crippen LogP contribution is -2.15. The normalized spacial score (nSPS) is 11.6. The quantitative estimate of drug-likeness (QED) is 0.429. The fourth-order valence-electron chi connectivity index (χ4n) is 3.53. The van der Waals surface area contributed by atoms with Gasteiger partial charge in [-0.1, -0.05) is 12.1 Å². The maximum atomic E-state index is 13.4. The first-order chi connectivity index (χ1) is 15.7. The second-order valence-corrected chi connectivity index (χ2v) is 9.62. The largest absolute Gasteiger partial charge is 0.468 e. The van der Waals surface area contributed by atoms with Gasteiger partial charge in [0.15, 0.2) is 0 Å². The first-order valence-corrected chi connectivity index (χ1v) is 11.9. The van der Waals surface area contributed by atoms with Gasteiger partial charge in [0.05, 0.1) is 30.6 Å². The van der Waals surface area contributed by atoms with Crippen molar-refractivity contribution in [3.63, 3.8) is 0 Å². The van der Waals surface area contributed by atoms with Gasteiger partial charge < -0.3 is 9.72 Å². The number of hydrogen-bond acceptors (Lipinski definition) is 5. The minimum atomic E-state index is -3.59. The SMILES string of the molecule is CCS(=O)(=O)Nc1cc(-c2c[nH]c(=O)c(C)c2)cc2c1nc(OC)n2Cc1ccc(F)cc1.